The van der Waals surface area contributed by atoms with E-state index in [4.69, 9.17) is 14.2 Å². The molecule has 0 radical (unpaired) electrons. The van der Waals surface area contributed by atoms with Crippen molar-refractivity contribution >= 4 is 5.91 Å². The summed E-state index contributed by atoms with van der Waals surface area (Å²) in [5, 5.41) is 2.89. The van der Waals surface area contributed by atoms with Gasteiger partial charge in [-0.05, 0) is 31.4 Å². The van der Waals surface area contributed by atoms with E-state index < -0.39 is 6.10 Å². The zero-order chi connectivity index (χ0) is 17.6. The van der Waals surface area contributed by atoms with Crippen LogP contribution in [0.1, 0.15) is 31.4 Å². The average Bonchev–Trinajstić information content (AvgIpc) is 2.60. The molecular weight excluding hydrogens is 306 g/mol. The molecule has 1 aromatic carbocycles. The fourth-order valence-electron chi connectivity index (χ4n) is 2.02. The van der Waals surface area contributed by atoms with E-state index in [9.17, 15) is 4.79 Å². The first-order chi connectivity index (χ1) is 11.7. The number of rotatable bonds is 13. The van der Waals surface area contributed by atoms with Crippen molar-refractivity contribution in [2.24, 2.45) is 0 Å². The maximum absolute atomic E-state index is 12.0. The van der Waals surface area contributed by atoms with Crippen molar-refractivity contribution in [2.45, 2.75) is 39.5 Å². The molecule has 0 saturated heterocycles. The Labute approximate surface area is 145 Å². The van der Waals surface area contributed by atoms with Gasteiger partial charge < -0.3 is 19.5 Å². The van der Waals surface area contributed by atoms with Crippen molar-refractivity contribution in [3.05, 3.63) is 48.0 Å². The number of hydrogen-bond donors (Lipinski definition) is 1. The molecule has 1 aromatic rings. The molecule has 0 aliphatic rings. The van der Waals surface area contributed by atoms with Gasteiger partial charge in [0.05, 0.1) is 26.4 Å². The number of amides is 1. The molecule has 1 atom stereocenters. The summed E-state index contributed by atoms with van der Waals surface area (Å²) in [7, 11) is 0. The van der Waals surface area contributed by atoms with Crippen LogP contribution in [0.15, 0.2) is 36.9 Å². The van der Waals surface area contributed by atoms with E-state index in [2.05, 4.69) is 11.9 Å². The summed E-state index contributed by atoms with van der Waals surface area (Å²) in [5.41, 5.74) is 2.11. The van der Waals surface area contributed by atoms with Gasteiger partial charge in [0.1, 0.15) is 6.10 Å². The molecule has 1 N–H and O–H groups in total. The SMILES string of the molecule is C=CCCOC(C)C(=O)NCc1cccc(COCCOCC)c1. The fraction of sp³-hybridized carbons (Fsp3) is 0.526. The summed E-state index contributed by atoms with van der Waals surface area (Å²) < 4.78 is 16.2. The molecule has 0 heterocycles. The van der Waals surface area contributed by atoms with Crippen molar-refractivity contribution in [3.63, 3.8) is 0 Å². The summed E-state index contributed by atoms with van der Waals surface area (Å²) >= 11 is 0. The van der Waals surface area contributed by atoms with E-state index in [1.54, 1.807) is 13.0 Å². The molecule has 0 spiro atoms. The van der Waals surface area contributed by atoms with Gasteiger partial charge in [-0.2, -0.15) is 0 Å². The number of ether oxygens (including phenoxy) is 3. The average molecular weight is 335 g/mol. The maximum Gasteiger partial charge on any atom is 0.249 e. The summed E-state index contributed by atoms with van der Waals surface area (Å²) in [6, 6.07) is 7.98. The first-order valence-electron chi connectivity index (χ1n) is 8.40. The topological polar surface area (TPSA) is 56.8 Å². The number of carbonyl (C=O) groups excluding carboxylic acids is 1. The van der Waals surface area contributed by atoms with Crippen molar-refractivity contribution in [2.75, 3.05) is 26.4 Å². The Hall–Kier alpha value is -1.69. The quantitative estimate of drug-likeness (QED) is 0.445. The molecule has 0 aliphatic carbocycles. The Kier molecular flexibility index (Phi) is 10.8. The third-order valence-corrected chi connectivity index (χ3v) is 3.36. The third kappa shape index (κ3) is 8.82. The number of hydrogen-bond acceptors (Lipinski definition) is 4. The fourth-order valence-corrected chi connectivity index (χ4v) is 2.02. The normalized spacial score (nSPS) is 11.9. The molecule has 1 amide bonds. The Morgan fingerprint density at radius 2 is 2.00 bits per heavy atom. The Morgan fingerprint density at radius 3 is 2.75 bits per heavy atom. The van der Waals surface area contributed by atoms with Gasteiger partial charge in [-0.3, -0.25) is 4.79 Å². The second-order valence-electron chi connectivity index (χ2n) is 5.38. The lowest BCUT2D eigenvalue weighted by Gasteiger charge is -2.13. The zero-order valence-corrected chi connectivity index (χ0v) is 14.8. The molecule has 0 bridgehead atoms. The van der Waals surface area contributed by atoms with Crippen LogP contribution in [0.4, 0.5) is 0 Å². The molecule has 5 nitrogen and oxygen atoms in total. The second-order valence-corrected chi connectivity index (χ2v) is 5.38. The van der Waals surface area contributed by atoms with Crippen LogP contribution in [0.2, 0.25) is 0 Å². The summed E-state index contributed by atoms with van der Waals surface area (Å²) in [6.45, 7) is 10.7. The molecule has 0 aromatic heterocycles. The minimum atomic E-state index is -0.463. The lowest BCUT2D eigenvalue weighted by Crippen LogP contribution is -2.34. The zero-order valence-electron chi connectivity index (χ0n) is 14.8. The smallest absolute Gasteiger partial charge is 0.249 e. The monoisotopic (exact) mass is 335 g/mol. The van der Waals surface area contributed by atoms with Crippen LogP contribution in [0.5, 0.6) is 0 Å². The second kappa shape index (κ2) is 12.7. The van der Waals surface area contributed by atoms with Gasteiger partial charge in [-0.15, -0.1) is 6.58 Å². The number of benzene rings is 1. The van der Waals surface area contributed by atoms with Crippen LogP contribution in [-0.2, 0) is 32.2 Å². The predicted octanol–water partition coefficient (Wildman–Crippen LogP) is 2.84. The van der Waals surface area contributed by atoms with Gasteiger partial charge in [0.15, 0.2) is 0 Å². The summed E-state index contributed by atoms with van der Waals surface area (Å²) in [6.07, 6.45) is 2.05. The van der Waals surface area contributed by atoms with Crippen molar-refractivity contribution in [1.29, 1.82) is 0 Å². The first kappa shape index (κ1) is 20.4. The van der Waals surface area contributed by atoms with Crippen molar-refractivity contribution in [1.82, 2.24) is 5.32 Å². The van der Waals surface area contributed by atoms with Crippen LogP contribution < -0.4 is 5.32 Å². The standard InChI is InChI=1S/C19H29NO4/c1-4-6-10-24-16(3)19(21)20-14-17-8-7-9-18(13-17)15-23-12-11-22-5-2/h4,7-9,13,16H,1,5-6,10-12,14-15H2,2-3H3,(H,20,21). The van der Waals surface area contributed by atoms with Crippen molar-refractivity contribution in [3.8, 4) is 0 Å². The highest BCUT2D eigenvalue weighted by atomic mass is 16.5. The van der Waals surface area contributed by atoms with Crippen molar-refractivity contribution < 1.29 is 19.0 Å². The van der Waals surface area contributed by atoms with Gasteiger partial charge in [-0.25, -0.2) is 0 Å². The Bertz CT molecular complexity index is 490. The highest BCUT2D eigenvalue weighted by Gasteiger charge is 2.12. The minimum absolute atomic E-state index is 0.113. The Balaban J connectivity index is 2.33. The van der Waals surface area contributed by atoms with Gasteiger partial charge in [-0.1, -0.05) is 30.3 Å². The molecular formula is C19H29NO4. The lowest BCUT2D eigenvalue weighted by molar-refractivity contribution is -0.131. The molecule has 0 saturated carbocycles. The molecule has 5 heteroatoms. The number of nitrogens with one attached hydrogen (secondary N) is 1. The van der Waals surface area contributed by atoms with Crippen LogP contribution in [0.3, 0.4) is 0 Å². The van der Waals surface area contributed by atoms with Crippen LogP contribution in [0.25, 0.3) is 0 Å². The van der Waals surface area contributed by atoms with E-state index in [0.717, 1.165) is 17.5 Å². The third-order valence-electron chi connectivity index (χ3n) is 3.36. The van der Waals surface area contributed by atoms with Gasteiger partial charge >= 0.3 is 0 Å². The van der Waals surface area contributed by atoms with Crippen LogP contribution >= 0.6 is 0 Å². The molecule has 0 aliphatic heterocycles. The predicted molar refractivity (Wildman–Crippen MR) is 94.7 cm³/mol. The summed E-state index contributed by atoms with van der Waals surface area (Å²) in [4.78, 5) is 12.0. The highest BCUT2D eigenvalue weighted by molar-refractivity contribution is 5.80. The molecule has 0 fully saturated rings. The van der Waals surface area contributed by atoms with Gasteiger partial charge in [0.25, 0.3) is 0 Å². The van der Waals surface area contributed by atoms with E-state index in [-0.39, 0.29) is 5.91 Å². The van der Waals surface area contributed by atoms with E-state index in [0.29, 0.717) is 39.6 Å². The largest absolute Gasteiger partial charge is 0.379 e. The highest BCUT2D eigenvalue weighted by Crippen LogP contribution is 2.07. The van der Waals surface area contributed by atoms with E-state index in [1.165, 1.54) is 0 Å². The maximum atomic E-state index is 12.0. The minimum Gasteiger partial charge on any atom is -0.379 e. The van der Waals surface area contributed by atoms with Gasteiger partial charge in [0.2, 0.25) is 5.91 Å². The lowest BCUT2D eigenvalue weighted by atomic mass is 10.1. The molecule has 1 rings (SSSR count). The van der Waals surface area contributed by atoms with E-state index >= 15 is 0 Å². The first-order valence-corrected chi connectivity index (χ1v) is 8.40. The summed E-state index contributed by atoms with van der Waals surface area (Å²) in [5.74, 6) is -0.113. The number of carbonyl (C=O) groups is 1. The van der Waals surface area contributed by atoms with Gasteiger partial charge in [0, 0.05) is 13.2 Å². The van der Waals surface area contributed by atoms with E-state index in [1.807, 2.05) is 31.2 Å². The Morgan fingerprint density at radius 1 is 1.25 bits per heavy atom. The molecule has 134 valence electrons. The molecule has 24 heavy (non-hydrogen) atoms. The molecule has 1 unspecified atom stereocenters. The van der Waals surface area contributed by atoms with Crippen LogP contribution in [-0.4, -0.2) is 38.4 Å². The van der Waals surface area contributed by atoms with Crippen LogP contribution in [0, 0.1) is 0 Å².